The third kappa shape index (κ3) is 3.62. The lowest BCUT2D eigenvalue weighted by Crippen LogP contribution is -2.16. The molecule has 0 unspecified atom stereocenters. The molecule has 0 saturated carbocycles. The van der Waals surface area contributed by atoms with Crippen molar-refractivity contribution in [2.75, 3.05) is 13.2 Å². The molecule has 0 radical (unpaired) electrons. The molecule has 0 heterocycles. The standard InChI is InChI=1S/C22H20O6/c1-3-26-21(24)17-18(22(25)27-4-2)20(28-14-10-6-5-7-11-14)16-13-9-8-12-15(16)19(17)23/h5-13,23H,3-4H2,1-2H3. The van der Waals surface area contributed by atoms with E-state index in [1.807, 2.05) is 6.07 Å². The van der Waals surface area contributed by atoms with Crippen LogP contribution in [0.2, 0.25) is 0 Å². The number of aromatic hydroxyl groups is 1. The van der Waals surface area contributed by atoms with Gasteiger partial charge in [-0.05, 0) is 26.0 Å². The summed E-state index contributed by atoms with van der Waals surface area (Å²) in [4.78, 5) is 25.4. The third-order valence-corrected chi connectivity index (χ3v) is 4.06. The Morgan fingerprint density at radius 2 is 1.32 bits per heavy atom. The van der Waals surface area contributed by atoms with Crippen molar-refractivity contribution in [2.45, 2.75) is 13.8 Å². The number of phenols is 1. The van der Waals surface area contributed by atoms with Gasteiger partial charge in [0.2, 0.25) is 0 Å². The minimum Gasteiger partial charge on any atom is -0.506 e. The first-order valence-corrected chi connectivity index (χ1v) is 8.93. The summed E-state index contributed by atoms with van der Waals surface area (Å²) in [5.41, 5.74) is -0.440. The molecular weight excluding hydrogens is 360 g/mol. The first-order chi connectivity index (χ1) is 13.6. The predicted octanol–water partition coefficient (Wildman–Crippen LogP) is 4.69. The normalized spacial score (nSPS) is 10.5. The Morgan fingerprint density at radius 1 is 0.786 bits per heavy atom. The number of carbonyl (C=O) groups excluding carboxylic acids is 2. The van der Waals surface area contributed by atoms with E-state index < -0.39 is 11.9 Å². The molecule has 0 aromatic heterocycles. The van der Waals surface area contributed by atoms with E-state index in [9.17, 15) is 14.7 Å². The summed E-state index contributed by atoms with van der Waals surface area (Å²) in [7, 11) is 0. The summed E-state index contributed by atoms with van der Waals surface area (Å²) in [5, 5.41) is 11.6. The predicted molar refractivity (Wildman–Crippen MR) is 104 cm³/mol. The van der Waals surface area contributed by atoms with E-state index in [2.05, 4.69) is 0 Å². The number of hydrogen-bond donors (Lipinski definition) is 1. The van der Waals surface area contributed by atoms with Crippen molar-refractivity contribution in [1.29, 1.82) is 0 Å². The molecule has 0 aliphatic carbocycles. The molecular formula is C22H20O6. The van der Waals surface area contributed by atoms with Gasteiger partial charge in [-0.15, -0.1) is 0 Å². The van der Waals surface area contributed by atoms with Crippen LogP contribution in [0.1, 0.15) is 34.6 Å². The molecule has 3 aromatic rings. The number of fused-ring (bicyclic) bond motifs is 1. The zero-order chi connectivity index (χ0) is 20.1. The second kappa shape index (κ2) is 8.43. The van der Waals surface area contributed by atoms with Crippen LogP contribution in [0.3, 0.4) is 0 Å². The molecule has 3 aromatic carbocycles. The Kier molecular flexibility index (Phi) is 5.79. The lowest BCUT2D eigenvalue weighted by Gasteiger charge is -2.18. The molecule has 3 rings (SSSR count). The average Bonchev–Trinajstić information content (AvgIpc) is 2.71. The van der Waals surface area contributed by atoms with Crippen LogP contribution in [0.25, 0.3) is 10.8 Å². The zero-order valence-corrected chi connectivity index (χ0v) is 15.6. The number of rotatable bonds is 6. The van der Waals surface area contributed by atoms with Crippen LogP contribution in [0.5, 0.6) is 17.2 Å². The number of benzene rings is 3. The van der Waals surface area contributed by atoms with Crippen LogP contribution in [0.4, 0.5) is 0 Å². The summed E-state index contributed by atoms with van der Waals surface area (Å²) < 4.78 is 16.2. The van der Waals surface area contributed by atoms with E-state index in [1.165, 1.54) is 0 Å². The maximum atomic E-state index is 12.8. The van der Waals surface area contributed by atoms with Gasteiger partial charge in [0.1, 0.15) is 22.6 Å². The Hall–Kier alpha value is -3.54. The van der Waals surface area contributed by atoms with Crippen LogP contribution >= 0.6 is 0 Å². The minimum atomic E-state index is -0.827. The van der Waals surface area contributed by atoms with E-state index in [0.29, 0.717) is 16.5 Å². The van der Waals surface area contributed by atoms with Crippen LogP contribution in [-0.2, 0) is 9.47 Å². The highest BCUT2D eigenvalue weighted by Crippen LogP contribution is 2.42. The highest BCUT2D eigenvalue weighted by Gasteiger charge is 2.31. The fourth-order valence-electron chi connectivity index (χ4n) is 2.90. The second-order valence-corrected chi connectivity index (χ2v) is 5.83. The van der Waals surface area contributed by atoms with Crippen molar-refractivity contribution in [3.63, 3.8) is 0 Å². The third-order valence-electron chi connectivity index (χ3n) is 4.06. The van der Waals surface area contributed by atoms with Gasteiger partial charge >= 0.3 is 11.9 Å². The lowest BCUT2D eigenvalue weighted by molar-refractivity contribution is 0.0474. The Morgan fingerprint density at radius 3 is 1.93 bits per heavy atom. The molecule has 1 N–H and O–H groups in total. The first-order valence-electron chi connectivity index (χ1n) is 8.93. The van der Waals surface area contributed by atoms with Crippen molar-refractivity contribution < 1.29 is 28.9 Å². The van der Waals surface area contributed by atoms with Gasteiger partial charge in [0.05, 0.1) is 13.2 Å². The highest BCUT2D eigenvalue weighted by atomic mass is 16.5. The number of para-hydroxylation sites is 1. The molecule has 0 spiro atoms. The second-order valence-electron chi connectivity index (χ2n) is 5.83. The van der Waals surface area contributed by atoms with Crippen molar-refractivity contribution in [2.24, 2.45) is 0 Å². The highest BCUT2D eigenvalue weighted by molar-refractivity contribution is 6.14. The summed E-state index contributed by atoms with van der Waals surface area (Å²) >= 11 is 0. The van der Waals surface area contributed by atoms with Crippen LogP contribution in [0, 0.1) is 0 Å². The van der Waals surface area contributed by atoms with E-state index in [1.54, 1.807) is 62.4 Å². The maximum absolute atomic E-state index is 12.8. The minimum absolute atomic E-state index is 0.0856. The number of esters is 2. The molecule has 0 aliphatic heterocycles. The molecule has 0 aliphatic rings. The molecule has 0 amide bonds. The number of ether oxygens (including phenoxy) is 3. The molecule has 28 heavy (non-hydrogen) atoms. The van der Waals surface area contributed by atoms with Gasteiger partial charge in [0.15, 0.2) is 5.75 Å². The largest absolute Gasteiger partial charge is 0.506 e. The van der Waals surface area contributed by atoms with Crippen molar-refractivity contribution in [3.05, 3.63) is 65.7 Å². The lowest BCUT2D eigenvalue weighted by atomic mass is 9.97. The Labute approximate surface area is 162 Å². The van der Waals surface area contributed by atoms with E-state index in [4.69, 9.17) is 14.2 Å². The molecule has 144 valence electrons. The van der Waals surface area contributed by atoms with Gasteiger partial charge in [0, 0.05) is 10.8 Å². The molecule has 0 saturated heterocycles. The van der Waals surface area contributed by atoms with Gasteiger partial charge in [-0.3, -0.25) is 0 Å². The summed E-state index contributed by atoms with van der Waals surface area (Å²) in [6.07, 6.45) is 0. The zero-order valence-electron chi connectivity index (χ0n) is 15.6. The van der Waals surface area contributed by atoms with Crippen LogP contribution in [0.15, 0.2) is 54.6 Å². The average molecular weight is 380 g/mol. The summed E-state index contributed by atoms with van der Waals surface area (Å²) in [6.45, 7) is 3.48. The fraction of sp³-hybridized carbons (Fsp3) is 0.182. The topological polar surface area (TPSA) is 82.1 Å². The first kappa shape index (κ1) is 19.2. The van der Waals surface area contributed by atoms with Crippen molar-refractivity contribution in [3.8, 4) is 17.2 Å². The van der Waals surface area contributed by atoms with Gasteiger partial charge < -0.3 is 19.3 Å². The van der Waals surface area contributed by atoms with Gasteiger partial charge in [-0.2, -0.15) is 0 Å². The summed E-state index contributed by atoms with van der Waals surface area (Å²) in [5.74, 6) is -1.36. The molecule has 0 atom stereocenters. The monoisotopic (exact) mass is 380 g/mol. The van der Waals surface area contributed by atoms with Crippen LogP contribution in [-0.4, -0.2) is 30.3 Å². The number of carbonyl (C=O) groups is 2. The van der Waals surface area contributed by atoms with Crippen molar-refractivity contribution in [1.82, 2.24) is 0 Å². The van der Waals surface area contributed by atoms with Crippen molar-refractivity contribution >= 4 is 22.7 Å². The van der Waals surface area contributed by atoms with E-state index in [-0.39, 0.29) is 35.8 Å². The van der Waals surface area contributed by atoms with E-state index in [0.717, 1.165) is 0 Å². The van der Waals surface area contributed by atoms with Gasteiger partial charge in [0.25, 0.3) is 0 Å². The van der Waals surface area contributed by atoms with Gasteiger partial charge in [-0.1, -0.05) is 42.5 Å². The Bertz CT molecular complexity index is 1010. The van der Waals surface area contributed by atoms with Gasteiger partial charge in [-0.25, -0.2) is 9.59 Å². The van der Waals surface area contributed by atoms with E-state index >= 15 is 0 Å². The SMILES string of the molecule is CCOC(=O)c1c(C(=O)OCC)c(Oc2ccccc2)c2ccccc2c1O. The maximum Gasteiger partial charge on any atom is 0.342 e. The quantitative estimate of drug-likeness (QED) is 0.625. The molecule has 0 fully saturated rings. The summed E-state index contributed by atoms with van der Waals surface area (Å²) in [6, 6.07) is 15.7. The smallest absolute Gasteiger partial charge is 0.342 e. The fourth-order valence-corrected chi connectivity index (χ4v) is 2.90. The molecule has 6 heteroatoms. The number of hydrogen-bond acceptors (Lipinski definition) is 6. The Balaban J connectivity index is 2.36. The number of phenolic OH excluding ortho intramolecular Hbond substituents is 1. The molecule has 6 nitrogen and oxygen atoms in total. The van der Waals surface area contributed by atoms with Crippen LogP contribution < -0.4 is 4.74 Å². The molecule has 0 bridgehead atoms.